The van der Waals surface area contributed by atoms with Crippen LogP contribution in [-0.4, -0.2) is 12.6 Å². The highest BCUT2D eigenvalue weighted by Crippen LogP contribution is 2.19. The van der Waals surface area contributed by atoms with Crippen LogP contribution in [0.2, 0.25) is 0 Å². The highest BCUT2D eigenvalue weighted by molar-refractivity contribution is 5.73. The van der Waals surface area contributed by atoms with Gasteiger partial charge < -0.3 is 10.5 Å². The molecule has 0 saturated heterocycles. The molecule has 0 aliphatic rings. The number of halogens is 2. The fourth-order valence-corrected chi connectivity index (χ4v) is 1.13. The third-order valence-electron chi connectivity index (χ3n) is 1.84. The number of esters is 1. The largest absolute Gasteiger partial charge is 0.466 e. The SMILES string of the molecule is CCOC(=O)Cc1c(F)ccc(N)c1F. The standard InChI is InChI=1S/C10H11F2NO2/c1-2-15-9(14)5-6-7(11)3-4-8(13)10(6)12/h3-4H,2,5,13H2,1H3. The Morgan fingerprint density at radius 3 is 2.73 bits per heavy atom. The van der Waals surface area contributed by atoms with E-state index in [4.69, 9.17) is 5.73 Å². The average Bonchev–Trinajstić information content (AvgIpc) is 2.19. The lowest BCUT2D eigenvalue weighted by Gasteiger charge is -2.06. The first kappa shape index (κ1) is 11.4. The number of carbonyl (C=O) groups is 1. The quantitative estimate of drug-likeness (QED) is 0.616. The molecule has 0 unspecified atom stereocenters. The van der Waals surface area contributed by atoms with Gasteiger partial charge in [-0.1, -0.05) is 0 Å². The number of hydrogen-bond donors (Lipinski definition) is 1. The monoisotopic (exact) mass is 215 g/mol. The molecular weight excluding hydrogens is 204 g/mol. The molecule has 0 aliphatic carbocycles. The minimum atomic E-state index is -0.900. The first-order valence-electron chi connectivity index (χ1n) is 4.44. The molecule has 0 spiro atoms. The molecule has 2 N–H and O–H groups in total. The Hall–Kier alpha value is -1.65. The summed E-state index contributed by atoms with van der Waals surface area (Å²) in [6, 6.07) is 2.13. The molecule has 0 radical (unpaired) electrons. The van der Waals surface area contributed by atoms with Crippen LogP contribution >= 0.6 is 0 Å². The molecular formula is C10H11F2NO2. The number of nitrogen functional groups attached to an aromatic ring is 1. The third kappa shape index (κ3) is 2.65. The topological polar surface area (TPSA) is 52.3 Å². The lowest BCUT2D eigenvalue weighted by atomic mass is 10.1. The predicted octanol–water partition coefficient (Wildman–Crippen LogP) is 1.65. The van der Waals surface area contributed by atoms with Gasteiger partial charge in [0, 0.05) is 5.56 Å². The summed E-state index contributed by atoms with van der Waals surface area (Å²) in [5.74, 6) is -2.38. The zero-order chi connectivity index (χ0) is 11.4. The van der Waals surface area contributed by atoms with Gasteiger partial charge in [-0.2, -0.15) is 0 Å². The second-order valence-electron chi connectivity index (χ2n) is 2.91. The van der Waals surface area contributed by atoms with Crippen LogP contribution in [-0.2, 0) is 16.0 Å². The first-order valence-corrected chi connectivity index (χ1v) is 4.44. The van der Waals surface area contributed by atoms with E-state index in [1.165, 1.54) is 0 Å². The Morgan fingerprint density at radius 1 is 1.47 bits per heavy atom. The van der Waals surface area contributed by atoms with Crippen molar-refractivity contribution in [3.05, 3.63) is 29.3 Å². The second kappa shape index (κ2) is 4.72. The smallest absolute Gasteiger partial charge is 0.310 e. The Labute approximate surface area is 85.8 Å². The number of anilines is 1. The molecule has 5 heteroatoms. The Morgan fingerprint density at radius 2 is 2.13 bits per heavy atom. The number of hydrogen-bond acceptors (Lipinski definition) is 3. The van der Waals surface area contributed by atoms with Crippen LogP contribution in [0.4, 0.5) is 14.5 Å². The molecule has 1 aromatic carbocycles. The molecule has 0 aliphatic heterocycles. The molecule has 0 heterocycles. The lowest BCUT2D eigenvalue weighted by molar-refractivity contribution is -0.142. The summed E-state index contributed by atoms with van der Waals surface area (Å²) in [6.45, 7) is 1.79. The van der Waals surface area contributed by atoms with E-state index < -0.39 is 24.0 Å². The molecule has 1 rings (SSSR count). The van der Waals surface area contributed by atoms with E-state index in [0.717, 1.165) is 12.1 Å². The van der Waals surface area contributed by atoms with Crippen molar-refractivity contribution in [2.24, 2.45) is 0 Å². The van der Waals surface area contributed by atoms with Crippen LogP contribution in [0.1, 0.15) is 12.5 Å². The van der Waals surface area contributed by atoms with Crippen LogP contribution in [0, 0.1) is 11.6 Å². The maximum Gasteiger partial charge on any atom is 0.310 e. The number of benzene rings is 1. The average molecular weight is 215 g/mol. The predicted molar refractivity (Wildman–Crippen MR) is 51.1 cm³/mol. The lowest BCUT2D eigenvalue weighted by Crippen LogP contribution is -2.11. The Kier molecular flexibility index (Phi) is 3.60. The van der Waals surface area contributed by atoms with Crippen molar-refractivity contribution in [3.8, 4) is 0 Å². The van der Waals surface area contributed by atoms with E-state index in [1.807, 2.05) is 0 Å². The highest BCUT2D eigenvalue weighted by Gasteiger charge is 2.15. The molecule has 1 aromatic rings. The minimum absolute atomic E-state index is 0.171. The number of ether oxygens (including phenoxy) is 1. The van der Waals surface area contributed by atoms with Crippen LogP contribution in [0.5, 0.6) is 0 Å². The van der Waals surface area contributed by atoms with E-state index >= 15 is 0 Å². The van der Waals surface area contributed by atoms with Gasteiger partial charge in [0.15, 0.2) is 5.82 Å². The van der Waals surface area contributed by atoms with E-state index in [2.05, 4.69) is 4.74 Å². The Balaban J connectivity index is 2.93. The summed E-state index contributed by atoms with van der Waals surface area (Å²) >= 11 is 0. The Bertz CT molecular complexity index is 380. The van der Waals surface area contributed by atoms with Gasteiger partial charge in [0.25, 0.3) is 0 Å². The molecule has 82 valence electrons. The number of nitrogens with two attached hydrogens (primary N) is 1. The van der Waals surface area contributed by atoms with E-state index in [9.17, 15) is 13.6 Å². The molecule has 0 fully saturated rings. The fraction of sp³-hybridized carbons (Fsp3) is 0.300. The van der Waals surface area contributed by atoms with E-state index in [1.54, 1.807) is 6.92 Å². The van der Waals surface area contributed by atoms with Gasteiger partial charge in [0.2, 0.25) is 0 Å². The number of carbonyl (C=O) groups excluding carboxylic acids is 1. The summed E-state index contributed by atoms with van der Waals surface area (Å²) in [6.07, 6.45) is -0.448. The van der Waals surface area contributed by atoms with Gasteiger partial charge in [-0.15, -0.1) is 0 Å². The maximum atomic E-state index is 13.3. The zero-order valence-electron chi connectivity index (χ0n) is 8.22. The molecule has 0 amide bonds. The van der Waals surface area contributed by atoms with Crippen molar-refractivity contribution in [1.82, 2.24) is 0 Å². The first-order chi connectivity index (χ1) is 7.06. The van der Waals surface area contributed by atoms with Crippen LogP contribution in [0.25, 0.3) is 0 Å². The van der Waals surface area contributed by atoms with Gasteiger partial charge in [-0.3, -0.25) is 4.79 Å². The van der Waals surface area contributed by atoms with Crippen molar-refractivity contribution < 1.29 is 18.3 Å². The molecule has 15 heavy (non-hydrogen) atoms. The summed E-state index contributed by atoms with van der Waals surface area (Å²) in [5.41, 5.74) is 4.71. The molecule has 0 saturated carbocycles. The minimum Gasteiger partial charge on any atom is -0.466 e. The van der Waals surface area contributed by atoms with Crippen LogP contribution in [0.3, 0.4) is 0 Å². The van der Waals surface area contributed by atoms with Crippen molar-refractivity contribution in [2.45, 2.75) is 13.3 Å². The van der Waals surface area contributed by atoms with Gasteiger partial charge >= 0.3 is 5.97 Å². The van der Waals surface area contributed by atoms with Gasteiger partial charge in [0.05, 0.1) is 18.7 Å². The van der Waals surface area contributed by atoms with Crippen molar-refractivity contribution in [1.29, 1.82) is 0 Å². The summed E-state index contributed by atoms with van der Waals surface area (Å²) < 4.78 is 31.0. The van der Waals surface area contributed by atoms with E-state index in [0.29, 0.717) is 0 Å². The number of rotatable bonds is 3. The van der Waals surface area contributed by atoms with Gasteiger partial charge in [0.1, 0.15) is 5.82 Å². The third-order valence-corrected chi connectivity index (χ3v) is 1.84. The maximum absolute atomic E-state index is 13.3. The second-order valence-corrected chi connectivity index (χ2v) is 2.91. The van der Waals surface area contributed by atoms with Crippen molar-refractivity contribution in [2.75, 3.05) is 12.3 Å². The summed E-state index contributed by atoms with van der Waals surface area (Å²) in [4.78, 5) is 11.0. The fourth-order valence-electron chi connectivity index (χ4n) is 1.13. The molecule has 3 nitrogen and oxygen atoms in total. The van der Waals surface area contributed by atoms with Crippen molar-refractivity contribution in [3.63, 3.8) is 0 Å². The normalized spacial score (nSPS) is 10.1. The van der Waals surface area contributed by atoms with E-state index in [-0.39, 0.29) is 17.9 Å². The summed E-state index contributed by atoms with van der Waals surface area (Å²) in [5, 5.41) is 0. The molecule has 0 aromatic heterocycles. The van der Waals surface area contributed by atoms with Crippen molar-refractivity contribution >= 4 is 11.7 Å². The molecule has 0 atom stereocenters. The zero-order valence-corrected chi connectivity index (χ0v) is 8.22. The van der Waals surface area contributed by atoms with Gasteiger partial charge in [-0.25, -0.2) is 8.78 Å². The summed E-state index contributed by atoms with van der Waals surface area (Å²) in [7, 11) is 0. The highest BCUT2D eigenvalue weighted by atomic mass is 19.1. The van der Waals surface area contributed by atoms with Crippen LogP contribution in [0.15, 0.2) is 12.1 Å². The van der Waals surface area contributed by atoms with Gasteiger partial charge in [-0.05, 0) is 19.1 Å². The van der Waals surface area contributed by atoms with Crippen LogP contribution < -0.4 is 5.73 Å². The molecule has 0 bridgehead atoms.